The van der Waals surface area contributed by atoms with E-state index in [1.165, 1.54) is 5.56 Å². The molecule has 0 aliphatic heterocycles. The molecule has 1 N–H and O–H groups in total. The summed E-state index contributed by atoms with van der Waals surface area (Å²) in [7, 11) is 1.57. The molecule has 0 aliphatic rings. The Morgan fingerprint density at radius 2 is 1.92 bits per heavy atom. The third-order valence-electron chi connectivity index (χ3n) is 4.08. The summed E-state index contributed by atoms with van der Waals surface area (Å²) in [4.78, 5) is 11.8. The zero-order valence-corrected chi connectivity index (χ0v) is 15.2. The largest absolute Gasteiger partial charge is 0.497 e. The lowest BCUT2D eigenvalue weighted by Crippen LogP contribution is -2.27. The second kappa shape index (κ2) is 8.53. The Morgan fingerprint density at radius 3 is 2.52 bits per heavy atom. The zero-order valence-electron chi connectivity index (χ0n) is 15.2. The Morgan fingerprint density at radius 1 is 1.16 bits per heavy atom. The van der Waals surface area contributed by atoms with E-state index in [0.717, 1.165) is 17.7 Å². The molecule has 2 aromatic rings. The highest BCUT2D eigenvalue weighted by molar-refractivity contribution is 5.91. The molecule has 134 valence electrons. The van der Waals surface area contributed by atoms with Gasteiger partial charge in [-0.2, -0.15) is 5.06 Å². The number of anilines is 1. The summed E-state index contributed by atoms with van der Waals surface area (Å²) < 4.78 is 11.2. The van der Waals surface area contributed by atoms with Gasteiger partial charge < -0.3 is 9.47 Å². The lowest BCUT2D eigenvalue weighted by atomic mass is 10.1. The molecule has 0 atom stereocenters. The van der Waals surface area contributed by atoms with Gasteiger partial charge in [0.25, 0.3) is 0 Å². The molecule has 5 nitrogen and oxygen atoms in total. The number of amides is 1. The van der Waals surface area contributed by atoms with Crippen molar-refractivity contribution >= 4 is 11.6 Å². The number of hydrogen-bond acceptors (Lipinski definition) is 4. The first-order valence-corrected chi connectivity index (χ1v) is 8.41. The van der Waals surface area contributed by atoms with Crippen LogP contribution >= 0.6 is 0 Å². The number of carbonyl (C=O) groups is 1. The first kappa shape index (κ1) is 18.8. The summed E-state index contributed by atoms with van der Waals surface area (Å²) in [5.41, 5.74) is 3.37. The van der Waals surface area contributed by atoms with Crippen LogP contribution < -0.4 is 14.5 Å². The summed E-state index contributed by atoms with van der Waals surface area (Å²) in [6.07, 6.45) is 1.18. The van der Waals surface area contributed by atoms with E-state index in [0.29, 0.717) is 22.1 Å². The minimum absolute atomic E-state index is 0.209. The van der Waals surface area contributed by atoms with E-state index in [1.807, 2.05) is 19.1 Å². The standard InChI is InChI=1S/C20H25NO4/c1-5-15-7-10-19(14(3)11-15)25-13-16-12-17(24-4)8-9-18(16)21(23)20(22)6-2/h7-12,23H,5-6,13H2,1-4H3. The number of rotatable bonds is 7. The summed E-state index contributed by atoms with van der Waals surface area (Å²) in [6.45, 7) is 6.02. The Hall–Kier alpha value is -2.53. The number of hydroxylamine groups is 1. The van der Waals surface area contributed by atoms with Crippen molar-refractivity contribution in [2.24, 2.45) is 0 Å². The molecule has 0 unspecified atom stereocenters. The van der Waals surface area contributed by atoms with Crippen LogP contribution in [-0.2, 0) is 17.8 Å². The maximum Gasteiger partial charge on any atom is 0.250 e. The predicted molar refractivity (Wildman–Crippen MR) is 97.4 cm³/mol. The maximum atomic E-state index is 11.8. The van der Waals surface area contributed by atoms with Gasteiger partial charge in [0, 0.05) is 12.0 Å². The van der Waals surface area contributed by atoms with Crippen molar-refractivity contribution in [1.82, 2.24) is 0 Å². The first-order chi connectivity index (χ1) is 12.0. The molecule has 0 radical (unpaired) electrons. The van der Waals surface area contributed by atoms with Gasteiger partial charge in [0.1, 0.15) is 18.1 Å². The maximum absolute atomic E-state index is 11.8. The smallest absolute Gasteiger partial charge is 0.250 e. The highest BCUT2D eigenvalue weighted by atomic mass is 16.5. The fourth-order valence-corrected chi connectivity index (χ4v) is 2.54. The Bertz CT molecular complexity index is 742. The molecule has 0 saturated carbocycles. The summed E-state index contributed by atoms with van der Waals surface area (Å²) in [5.74, 6) is 1.03. The monoisotopic (exact) mass is 343 g/mol. The van der Waals surface area contributed by atoms with Gasteiger partial charge >= 0.3 is 0 Å². The quantitative estimate of drug-likeness (QED) is 0.602. The zero-order chi connectivity index (χ0) is 18.4. The molecule has 0 aromatic heterocycles. The van der Waals surface area contributed by atoms with Crippen molar-refractivity contribution in [2.75, 3.05) is 12.2 Å². The van der Waals surface area contributed by atoms with Gasteiger partial charge in [-0.1, -0.05) is 26.0 Å². The van der Waals surface area contributed by atoms with Gasteiger partial charge in [0.15, 0.2) is 0 Å². The number of benzene rings is 2. The number of aryl methyl sites for hydroxylation is 2. The molecule has 25 heavy (non-hydrogen) atoms. The van der Waals surface area contributed by atoms with Crippen LogP contribution in [0, 0.1) is 6.92 Å². The average Bonchev–Trinajstić information content (AvgIpc) is 2.65. The molecule has 0 fully saturated rings. The molecule has 2 rings (SSSR count). The van der Waals surface area contributed by atoms with E-state index < -0.39 is 0 Å². The topological polar surface area (TPSA) is 59.0 Å². The van der Waals surface area contributed by atoms with Gasteiger partial charge in [-0.05, 0) is 48.7 Å². The number of carbonyl (C=O) groups excluding carboxylic acids is 1. The highest BCUT2D eigenvalue weighted by Gasteiger charge is 2.16. The number of ether oxygens (including phenoxy) is 2. The first-order valence-electron chi connectivity index (χ1n) is 8.41. The van der Waals surface area contributed by atoms with Crippen LogP contribution in [0.15, 0.2) is 36.4 Å². The lowest BCUT2D eigenvalue weighted by molar-refractivity contribution is -0.123. The highest BCUT2D eigenvalue weighted by Crippen LogP contribution is 2.28. The van der Waals surface area contributed by atoms with Crippen LogP contribution in [0.2, 0.25) is 0 Å². The molecule has 0 bridgehead atoms. The SMILES string of the molecule is CCC(=O)N(O)c1ccc(OC)cc1COc1ccc(CC)cc1C. The number of hydrogen-bond donors (Lipinski definition) is 1. The van der Waals surface area contributed by atoms with Crippen LogP contribution in [0.25, 0.3) is 0 Å². The Kier molecular flexibility index (Phi) is 6.42. The minimum Gasteiger partial charge on any atom is -0.497 e. The van der Waals surface area contributed by atoms with Crippen molar-refractivity contribution < 1.29 is 19.5 Å². The van der Waals surface area contributed by atoms with E-state index in [4.69, 9.17) is 9.47 Å². The molecule has 0 aliphatic carbocycles. The molecule has 0 saturated heterocycles. The van der Waals surface area contributed by atoms with Crippen LogP contribution in [0.5, 0.6) is 11.5 Å². The van der Waals surface area contributed by atoms with Crippen LogP contribution in [0.1, 0.15) is 37.0 Å². The molecular formula is C20H25NO4. The van der Waals surface area contributed by atoms with Gasteiger partial charge in [-0.3, -0.25) is 10.0 Å². The second-order valence-corrected chi connectivity index (χ2v) is 5.80. The molecule has 0 heterocycles. The minimum atomic E-state index is -0.380. The summed E-state index contributed by atoms with van der Waals surface area (Å²) in [5, 5.41) is 10.8. The van der Waals surface area contributed by atoms with E-state index in [9.17, 15) is 10.0 Å². The molecule has 0 spiro atoms. The van der Waals surface area contributed by atoms with Crippen molar-refractivity contribution in [1.29, 1.82) is 0 Å². The fourth-order valence-electron chi connectivity index (χ4n) is 2.54. The number of nitrogens with zero attached hydrogens (tertiary/aromatic N) is 1. The summed E-state index contributed by atoms with van der Waals surface area (Å²) >= 11 is 0. The van der Waals surface area contributed by atoms with Gasteiger partial charge in [-0.15, -0.1) is 0 Å². The lowest BCUT2D eigenvalue weighted by Gasteiger charge is -2.19. The van der Waals surface area contributed by atoms with Gasteiger partial charge in [0.05, 0.1) is 12.8 Å². The predicted octanol–water partition coefficient (Wildman–Crippen LogP) is 4.28. The summed E-state index contributed by atoms with van der Waals surface area (Å²) in [6, 6.07) is 11.2. The van der Waals surface area contributed by atoms with E-state index in [-0.39, 0.29) is 18.9 Å². The van der Waals surface area contributed by atoms with Gasteiger partial charge in [-0.25, -0.2) is 0 Å². The van der Waals surface area contributed by atoms with Crippen molar-refractivity contribution in [3.8, 4) is 11.5 Å². The average molecular weight is 343 g/mol. The number of methoxy groups -OCH3 is 1. The second-order valence-electron chi connectivity index (χ2n) is 5.80. The fraction of sp³-hybridized carbons (Fsp3) is 0.350. The van der Waals surface area contributed by atoms with Gasteiger partial charge in [0.2, 0.25) is 5.91 Å². The van der Waals surface area contributed by atoms with E-state index in [1.54, 1.807) is 32.2 Å². The normalized spacial score (nSPS) is 10.4. The van der Waals surface area contributed by atoms with Crippen molar-refractivity contribution in [2.45, 2.75) is 40.2 Å². The third kappa shape index (κ3) is 4.51. The third-order valence-corrected chi connectivity index (χ3v) is 4.08. The molecule has 1 amide bonds. The molecule has 2 aromatic carbocycles. The Labute approximate surface area is 148 Å². The van der Waals surface area contributed by atoms with E-state index in [2.05, 4.69) is 13.0 Å². The van der Waals surface area contributed by atoms with Crippen LogP contribution in [0.3, 0.4) is 0 Å². The van der Waals surface area contributed by atoms with Crippen molar-refractivity contribution in [3.05, 3.63) is 53.1 Å². The molecular weight excluding hydrogens is 318 g/mol. The Balaban J connectivity index is 2.26. The molecule has 5 heteroatoms. The van der Waals surface area contributed by atoms with E-state index >= 15 is 0 Å². The van der Waals surface area contributed by atoms with Crippen LogP contribution in [-0.4, -0.2) is 18.2 Å². The van der Waals surface area contributed by atoms with Crippen LogP contribution in [0.4, 0.5) is 5.69 Å². The van der Waals surface area contributed by atoms with Crippen molar-refractivity contribution in [3.63, 3.8) is 0 Å².